The molecule has 1 amide bonds. The van der Waals surface area contributed by atoms with Crippen molar-refractivity contribution in [3.8, 4) is 11.5 Å². The minimum Gasteiger partial charge on any atom is -0.490 e. The van der Waals surface area contributed by atoms with E-state index in [1.165, 1.54) is 0 Å². The van der Waals surface area contributed by atoms with E-state index in [1.54, 1.807) is 0 Å². The molecule has 0 aliphatic carbocycles. The first-order valence-corrected chi connectivity index (χ1v) is 7.78. The maximum absolute atomic E-state index is 12.2. The fourth-order valence-electron chi connectivity index (χ4n) is 2.31. The lowest BCUT2D eigenvalue weighted by Crippen LogP contribution is -2.21. The molecule has 0 aromatic heterocycles. The maximum atomic E-state index is 12.2. The number of carbonyl (C=O) groups is 1. The minimum atomic E-state index is 0.0485. The second-order valence-corrected chi connectivity index (χ2v) is 4.99. The number of ether oxygens (including phenoxy) is 2. The van der Waals surface area contributed by atoms with E-state index >= 15 is 0 Å². The van der Waals surface area contributed by atoms with E-state index in [-0.39, 0.29) is 11.8 Å². The van der Waals surface area contributed by atoms with Crippen LogP contribution in [0.4, 0.5) is 5.69 Å². The van der Waals surface area contributed by atoms with Crippen molar-refractivity contribution in [1.82, 2.24) is 0 Å². The predicted molar refractivity (Wildman–Crippen MR) is 86.2 cm³/mol. The zero-order valence-corrected chi connectivity index (χ0v) is 13.8. The van der Waals surface area contributed by atoms with Crippen molar-refractivity contribution in [2.45, 2.75) is 47.5 Å². The summed E-state index contributed by atoms with van der Waals surface area (Å²) in [5, 5.41) is 2.98. The first-order chi connectivity index (χ1) is 10.1. The Labute approximate surface area is 127 Å². The van der Waals surface area contributed by atoms with Gasteiger partial charge >= 0.3 is 0 Å². The van der Waals surface area contributed by atoms with E-state index in [1.807, 2.05) is 46.8 Å². The van der Waals surface area contributed by atoms with Gasteiger partial charge < -0.3 is 14.8 Å². The molecule has 0 saturated carbocycles. The highest BCUT2D eigenvalue weighted by atomic mass is 16.5. The van der Waals surface area contributed by atoms with Crippen molar-refractivity contribution in [2.24, 2.45) is 5.92 Å². The molecule has 1 N–H and O–H groups in total. The van der Waals surface area contributed by atoms with Crippen molar-refractivity contribution in [3.05, 3.63) is 17.7 Å². The quantitative estimate of drug-likeness (QED) is 0.782. The summed E-state index contributed by atoms with van der Waals surface area (Å²) in [4.78, 5) is 12.2. The van der Waals surface area contributed by atoms with Crippen LogP contribution in [0.3, 0.4) is 0 Å². The normalized spacial score (nSPS) is 10.6. The van der Waals surface area contributed by atoms with Crippen LogP contribution < -0.4 is 14.8 Å². The summed E-state index contributed by atoms with van der Waals surface area (Å²) in [6.45, 7) is 11.0. The molecule has 0 atom stereocenters. The van der Waals surface area contributed by atoms with Gasteiger partial charge in [-0.3, -0.25) is 4.79 Å². The van der Waals surface area contributed by atoms with Gasteiger partial charge in [0, 0.05) is 17.7 Å². The molecule has 1 aromatic carbocycles. The Morgan fingerprint density at radius 2 is 1.71 bits per heavy atom. The van der Waals surface area contributed by atoms with Crippen LogP contribution in [0.25, 0.3) is 0 Å². The third-order valence-electron chi connectivity index (χ3n) is 3.45. The summed E-state index contributed by atoms with van der Waals surface area (Å²) in [7, 11) is 0. The first kappa shape index (κ1) is 17.3. The smallest absolute Gasteiger partial charge is 0.227 e. The van der Waals surface area contributed by atoms with E-state index in [0.717, 1.165) is 29.8 Å². The molecule has 118 valence electrons. The largest absolute Gasteiger partial charge is 0.490 e. The van der Waals surface area contributed by atoms with Crippen LogP contribution in [0.5, 0.6) is 11.5 Å². The maximum Gasteiger partial charge on any atom is 0.227 e. The van der Waals surface area contributed by atoms with Gasteiger partial charge in [-0.25, -0.2) is 0 Å². The lowest BCUT2D eigenvalue weighted by atomic mass is 10.0. The van der Waals surface area contributed by atoms with E-state index in [4.69, 9.17) is 9.47 Å². The van der Waals surface area contributed by atoms with Gasteiger partial charge in [-0.05, 0) is 45.2 Å². The average Bonchev–Trinajstić information content (AvgIpc) is 2.44. The Kier molecular flexibility index (Phi) is 7.06. The van der Waals surface area contributed by atoms with Crippen LogP contribution in [0, 0.1) is 12.8 Å². The Balaban J connectivity index is 3.01. The number of anilines is 1. The highest BCUT2D eigenvalue weighted by Gasteiger charge is 2.16. The summed E-state index contributed by atoms with van der Waals surface area (Å²) in [5.41, 5.74) is 1.72. The topological polar surface area (TPSA) is 47.6 Å². The molecule has 21 heavy (non-hydrogen) atoms. The molecule has 0 fully saturated rings. The van der Waals surface area contributed by atoms with Crippen molar-refractivity contribution in [3.63, 3.8) is 0 Å². The summed E-state index contributed by atoms with van der Waals surface area (Å²) in [6.07, 6.45) is 1.69. The SMILES string of the molecule is CCOc1cc(NC(=O)C(CC)CC)cc(C)c1OCC. The number of aryl methyl sites for hydroxylation is 1. The molecule has 0 unspecified atom stereocenters. The van der Waals surface area contributed by atoms with Gasteiger partial charge in [-0.1, -0.05) is 13.8 Å². The highest BCUT2D eigenvalue weighted by molar-refractivity contribution is 5.93. The predicted octanol–water partition coefficient (Wildman–Crippen LogP) is 4.17. The summed E-state index contributed by atoms with van der Waals surface area (Å²) in [5.74, 6) is 1.54. The molecular weight excluding hydrogens is 266 g/mol. The van der Waals surface area contributed by atoms with Gasteiger partial charge in [0.2, 0.25) is 5.91 Å². The van der Waals surface area contributed by atoms with Crippen LogP contribution in [0.1, 0.15) is 46.1 Å². The van der Waals surface area contributed by atoms with Gasteiger partial charge in [-0.2, -0.15) is 0 Å². The first-order valence-electron chi connectivity index (χ1n) is 7.78. The van der Waals surface area contributed by atoms with Crippen LogP contribution in [-0.2, 0) is 4.79 Å². The van der Waals surface area contributed by atoms with E-state index < -0.39 is 0 Å². The lowest BCUT2D eigenvalue weighted by molar-refractivity contribution is -0.120. The van der Waals surface area contributed by atoms with E-state index in [9.17, 15) is 4.79 Å². The molecule has 0 aliphatic rings. The van der Waals surface area contributed by atoms with E-state index in [0.29, 0.717) is 19.0 Å². The molecule has 1 rings (SSSR count). The zero-order valence-electron chi connectivity index (χ0n) is 13.8. The van der Waals surface area contributed by atoms with Crippen molar-refractivity contribution in [1.29, 1.82) is 0 Å². The second-order valence-electron chi connectivity index (χ2n) is 4.99. The van der Waals surface area contributed by atoms with Crippen LogP contribution in [-0.4, -0.2) is 19.1 Å². The van der Waals surface area contributed by atoms with Crippen molar-refractivity contribution < 1.29 is 14.3 Å². The number of benzene rings is 1. The Morgan fingerprint density at radius 3 is 2.24 bits per heavy atom. The van der Waals surface area contributed by atoms with Crippen LogP contribution >= 0.6 is 0 Å². The Hall–Kier alpha value is -1.71. The summed E-state index contributed by atoms with van der Waals surface area (Å²) >= 11 is 0. The molecule has 0 aliphatic heterocycles. The molecule has 0 heterocycles. The number of amides is 1. The number of hydrogen-bond donors (Lipinski definition) is 1. The molecular formula is C17H27NO3. The average molecular weight is 293 g/mol. The van der Waals surface area contributed by atoms with Gasteiger partial charge in [0.05, 0.1) is 13.2 Å². The molecule has 0 bridgehead atoms. The summed E-state index contributed by atoms with van der Waals surface area (Å²) < 4.78 is 11.3. The number of nitrogens with one attached hydrogen (secondary N) is 1. The number of carbonyl (C=O) groups excluding carboxylic acids is 1. The summed E-state index contributed by atoms with van der Waals surface area (Å²) in [6, 6.07) is 3.76. The van der Waals surface area contributed by atoms with Crippen molar-refractivity contribution >= 4 is 11.6 Å². The van der Waals surface area contributed by atoms with Crippen molar-refractivity contribution in [2.75, 3.05) is 18.5 Å². The molecule has 0 spiro atoms. The highest BCUT2D eigenvalue weighted by Crippen LogP contribution is 2.35. The molecule has 4 nitrogen and oxygen atoms in total. The molecule has 4 heteroatoms. The minimum absolute atomic E-state index is 0.0485. The standard InChI is InChI=1S/C17H27NO3/c1-6-13(7-2)17(19)18-14-10-12(5)16(21-9-4)15(11-14)20-8-3/h10-11,13H,6-9H2,1-5H3,(H,18,19). The fourth-order valence-corrected chi connectivity index (χ4v) is 2.31. The number of hydrogen-bond acceptors (Lipinski definition) is 3. The number of rotatable bonds is 8. The lowest BCUT2D eigenvalue weighted by Gasteiger charge is -2.17. The van der Waals surface area contributed by atoms with Gasteiger partial charge in [0.25, 0.3) is 0 Å². The van der Waals surface area contributed by atoms with E-state index in [2.05, 4.69) is 5.32 Å². The third-order valence-corrected chi connectivity index (χ3v) is 3.45. The second kappa shape index (κ2) is 8.55. The zero-order chi connectivity index (χ0) is 15.8. The monoisotopic (exact) mass is 293 g/mol. The molecule has 0 saturated heterocycles. The molecule has 0 radical (unpaired) electrons. The third kappa shape index (κ3) is 4.66. The van der Waals surface area contributed by atoms with Gasteiger partial charge in [0.15, 0.2) is 11.5 Å². The Bertz CT molecular complexity index is 467. The van der Waals surface area contributed by atoms with Gasteiger partial charge in [0.1, 0.15) is 0 Å². The van der Waals surface area contributed by atoms with Crippen LogP contribution in [0.15, 0.2) is 12.1 Å². The fraction of sp³-hybridized carbons (Fsp3) is 0.588. The molecule has 1 aromatic rings. The Morgan fingerprint density at radius 1 is 1.10 bits per heavy atom. The van der Waals surface area contributed by atoms with Crippen LogP contribution in [0.2, 0.25) is 0 Å². The van der Waals surface area contributed by atoms with Gasteiger partial charge in [-0.15, -0.1) is 0 Å².